The fourth-order valence-electron chi connectivity index (χ4n) is 6.07. The molecule has 368 valence electrons. The Morgan fingerprint density at radius 3 is 0.985 bits per heavy atom. The number of carbonyl (C=O) groups excluding carboxylic acids is 6. The van der Waals surface area contributed by atoms with Gasteiger partial charge in [-0.1, -0.05) is 50.2 Å². The Kier molecular flexibility index (Phi) is 25.8. The molecule has 0 saturated heterocycles. The summed E-state index contributed by atoms with van der Waals surface area (Å²) >= 11 is 0. The van der Waals surface area contributed by atoms with E-state index in [2.05, 4.69) is 29.3 Å². The van der Waals surface area contributed by atoms with E-state index >= 15 is 0 Å². The molecule has 6 atom stereocenters. The Balaban J connectivity index is 0.000000455. The number of aliphatic hydroxyl groups excluding tert-OH is 4. The van der Waals surface area contributed by atoms with Crippen LogP contribution in [0.25, 0.3) is 0 Å². The molecule has 0 aromatic carbocycles. The minimum Gasteiger partial charge on any atom is -0.478 e. The molecule has 0 aromatic heterocycles. The van der Waals surface area contributed by atoms with Crippen molar-refractivity contribution in [3.05, 3.63) is 46.6 Å². The predicted octanol–water partition coefficient (Wildman–Crippen LogP) is 1.84. The van der Waals surface area contributed by atoms with Gasteiger partial charge in [0.2, 0.25) is 12.2 Å². The minimum atomic E-state index is -1.09. The molecular formula is C44H62N2O20. The molecule has 4 rings (SSSR count). The van der Waals surface area contributed by atoms with Crippen molar-refractivity contribution in [2.75, 3.05) is 28.4 Å². The van der Waals surface area contributed by atoms with E-state index in [0.29, 0.717) is 46.6 Å². The number of esters is 4. The van der Waals surface area contributed by atoms with Crippen molar-refractivity contribution in [2.24, 2.45) is 22.1 Å². The zero-order valence-electron chi connectivity index (χ0n) is 38.3. The van der Waals surface area contributed by atoms with E-state index in [0.717, 1.165) is 0 Å². The van der Waals surface area contributed by atoms with Crippen LogP contribution >= 0.6 is 0 Å². The Hall–Kier alpha value is -6.10. The zero-order valence-corrected chi connectivity index (χ0v) is 38.3. The van der Waals surface area contributed by atoms with Crippen LogP contribution < -0.4 is 0 Å². The average Bonchev–Trinajstić information content (AvgIpc) is 3.97. The molecule has 22 heteroatoms. The highest BCUT2D eigenvalue weighted by molar-refractivity contribution is 6.06. The van der Waals surface area contributed by atoms with Crippen molar-refractivity contribution in [2.45, 2.75) is 129 Å². The molecule has 0 saturated carbocycles. The van der Waals surface area contributed by atoms with Crippen LogP contribution in [0.3, 0.4) is 0 Å². The lowest BCUT2D eigenvalue weighted by Crippen LogP contribution is -2.24. The van der Waals surface area contributed by atoms with Crippen LogP contribution in [-0.4, -0.2) is 155 Å². The molecular weight excluding hydrogens is 876 g/mol. The van der Waals surface area contributed by atoms with Crippen molar-refractivity contribution in [3.8, 4) is 0 Å². The van der Waals surface area contributed by atoms with Crippen LogP contribution in [0.1, 0.15) is 91.9 Å². The fourth-order valence-corrected chi connectivity index (χ4v) is 6.07. The second-order valence-electron chi connectivity index (χ2n) is 15.9. The molecule has 0 fully saturated rings. The molecule has 0 heterocycles. The second kappa shape index (κ2) is 29.4. The number of aliphatic hydroxyl groups is 4. The quantitative estimate of drug-likeness (QED) is 0.0648. The zero-order chi connectivity index (χ0) is 50.3. The summed E-state index contributed by atoms with van der Waals surface area (Å²) in [7, 11) is 5.06. The first-order valence-electron chi connectivity index (χ1n) is 20.7. The third-order valence-electron chi connectivity index (χ3n) is 9.38. The van der Waals surface area contributed by atoms with Crippen LogP contribution in [0, 0.1) is 11.8 Å². The summed E-state index contributed by atoms with van der Waals surface area (Å²) in [6.07, 6.45) is 1.84. The molecule has 0 aromatic rings. The second-order valence-corrected chi connectivity index (χ2v) is 15.9. The van der Waals surface area contributed by atoms with Crippen LogP contribution in [0.5, 0.6) is 0 Å². The molecule has 66 heavy (non-hydrogen) atoms. The number of nitrogens with zero attached hydrogens (tertiary/aromatic N) is 2. The first-order chi connectivity index (χ1) is 30.9. The van der Waals surface area contributed by atoms with E-state index in [1.54, 1.807) is 0 Å². The van der Waals surface area contributed by atoms with Gasteiger partial charge in [0.25, 0.3) is 0 Å². The Bertz CT molecular complexity index is 1790. The van der Waals surface area contributed by atoms with Crippen LogP contribution in [-0.2, 0) is 67.0 Å². The average molecular weight is 939 g/mol. The van der Waals surface area contributed by atoms with Crippen molar-refractivity contribution in [1.29, 1.82) is 0 Å². The summed E-state index contributed by atoms with van der Waals surface area (Å²) in [5.41, 5.74) is 2.47. The smallest absolute Gasteiger partial charge is 0.347 e. The summed E-state index contributed by atoms with van der Waals surface area (Å²) in [6.45, 7) is 7.53. The maximum Gasteiger partial charge on any atom is 0.347 e. The largest absolute Gasteiger partial charge is 0.478 e. The van der Waals surface area contributed by atoms with Gasteiger partial charge in [-0.3, -0.25) is 28.8 Å². The number of hydrogen-bond donors (Lipinski definition) is 6. The van der Waals surface area contributed by atoms with E-state index < -0.39 is 72.4 Å². The number of ketones is 2. The molecule has 6 N–H and O–H groups in total. The molecule has 4 aliphatic carbocycles. The summed E-state index contributed by atoms with van der Waals surface area (Å²) in [4.78, 5) is 98.3. The van der Waals surface area contributed by atoms with Crippen molar-refractivity contribution in [3.63, 3.8) is 0 Å². The maximum atomic E-state index is 11.3. The number of aliphatic carboxylic acids is 2. The monoisotopic (exact) mass is 938 g/mol. The number of methoxy groups -OCH3 is 4. The van der Waals surface area contributed by atoms with Gasteiger partial charge in [0.1, 0.15) is 0 Å². The third kappa shape index (κ3) is 22.2. The highest BCUT2D eigenvalue weighted by atomic mass is 16.7. The standard InChI is InChI=1S/2C14H21NO6.2C8H10O4/c2*1-8(2)4-12(14(18)19)21-15-11-7-10(16)5-9(11)6-13(17)20-3;2*1-12-8(11)3-5-2-6(9)4-7(5)10/h2*5,8,10,12,16H,4,6-7H2,1-3H3,(H,18,19);2*2,6,9H,3-4H2,1H3/b2*15-11-;;/t10-,12+;10-,12-;6-;/m010./s1. The highest BCUT2D eigenvalue weighted by Gasteiger charge is 2.29. The van der Waals surface area contributed by atoms with Crippen molar-refractivity contribution >= 4 is 58.8 Å². The molecule has 1 unspecified atom stereocenters. The fraction of sp³-hybridized carbons (Fsp3) is 0.591. The lowest BCUT2D eigenvalue weighted by Gasteiger charge is -2.13. The molecule has 0 radical (unpaired) electrons. The van der Waals surface area contributed by atoms with Gasteiger partial charge in [-0.25, -0.2) is 9.59 Å². The number of carbonyl (C=O) groups is 8. The minimum absolute atomic E-state index is 0.0301. The summed E-state index contributed by atoms with van der Waals surface area (Å²) in [5.74, 6) is -4.07. The first-order valence-corrected chi connectivity index (χ1v) is 20.7. The lowest BCUT2D eigenvalue weighted by atomic mass is 10.1. The maximum absolute atomic E-state index is 11.3. The predicted molar refractivity (Wildman–Crippen MR) is 230 cm³/mol. The highest BCUT2D eigenvalue weighted by Crippen LogP contribution is 2.23. The molecule has 0 spiro atoms. The summed E-state index contributed by atoms with van der Waals surface area (Å²) < 4.78 is 17.9. The Morgan fingerprint density at radius 1 is 0.500 bits per heavy atom. The van der Waals surface area contributed by atoms with E-state index in [9.17, 15) is 48.6 Å². The van der Waals surface area contributed by atoms with Gasteiger partial charge in [-0.05, 0) is 35.1 Å². The first kappa shape index (κ1) is 57.9. The lowest BCUT2D eigenvalue weighted by molar-refractivity contribution is -0.152. The SMILES string of the molecule is COC(=O)CC1=CC(O)CC1=O.COC(=O)CC1=C[C@@H](O)C/C1=N/O[C@H](CC(C)C)C(=O)O.COC(=O)CC1=C[C@H](O)C/C1=N/O[C@H](CC(C)C)C(=O)O.COC(=O)CC1=C[C@H](O)CC1=O. The number of carboxylic acids is 2. The number of ether oxygens (including phenoxy) is 4. The molecule has 0 amide bonds. The van der Waals surface area contributed by atoms with Crippen molar-refractivity contribution < 1.29 is 97.6 Å². The number of oxime groups is 2. The van der Waals surface area contributed by atoms with E-state index in [4.69, 9.17) is 30.1 Å². The molecule has 4 aliphatic rings. The molecule has 0 aliphatic heterocycles. The van der Waals surface area contributed by atoms with Crippen LogP contribution in [0.15, 0.2) is 56.9 Å². The van der Waals surface area contributed by atoms with E-state index in [-0.39, 0.29) is 74.8 Å². The number of rotatable bonds is 18. The Labute approximate surface area is 381 Å². The van der Waals surface area contributed by atoms with Gasteiger partial charge in [0.05, 0.1) is 90.0 Å². The number of hydrogen-bond acceptors (Lipinski definition) is 20. The van der Waals surface area contributed by atoms with Gasteiger partial charge in [-0.15, -0.1) is 0 Å². The van der Waals surface area contributed by atoms with Gasteiger partial charge in [-0.2, -0.15) is 0 Å². The molecule has 22 nitrogen and oxygen atoms in total. The van der Waals surface area contributed by atoms with Crippen LogP contribution in [0.4, 0.5) is 0 Å². The van der Waals surface area contributed by atoms with E-state index in [1.165, 1.54) is 52.7 Å². The van der Waals surface area contributed by atoms with Gasteiger partial charge < -0.3 is 59.3 Å². The number of Topliss-reactive ketones (excluding diaryl/α,β-unsaturated/α-hetero) is 2. The number of carboxylic acid groups (broad SMARTS) is 2. The van der Waals surface area contributed by atoms with Crippen LogP contribution in [0.2, 0.25) is 0 Å². The van der Waals surface area contributed by atoms with Gasteiger partial charge in [0.15, 0.2) is 11.6 Å². The van der Waals surface area contributed by atoms with Gasteiger partial charge in [0, 0.05) is 49.7 Å². The molecule has 0 bridgehead atoms. The normalized spacial score (nSPS) is 21.7. The van der Waals surface area contributed by atoms with E-state index in [1.807, 2.05) is 27.7 Å². The van der Waals surface area contributed by atoms with Gasteiger partial charge >= 0.3 is 35.8 Å². The summed E-state index contributed by atoms with van der Waals surface area (Å²) in [5, 5.41) is 63.0. The summed E-state index contributed by atoms with van der Waals surface area (Å²) in [6, 6.07) is 0. The third-order valence-corrected chi connectivity index (χ3v) is 9.38. The Morgan fingerprint density at radius 2 is 0.758 bits per heavy atom. The topological polar surface area (TPSA) is 338 Å². The van der Waals surface area contributed by atoms with Crippen molar-refractivity contribution in [1.82, 2.24) is 0 Å².